The Morgan fingerprint density at radius 1 is 0.881 bits per heavy atom. The Balaban J connectivity index is 1.72. The first-order chi connectivity index (χ1) is 20.2. The number of nitrogens with zero attached hydrogens (tertiary/aromatic N) is 2. The number of hydrogen-bond donors (Lipinski definition) is 1. The molecule has 1 N–H and O–H groups in total. The third kappa shape index (κ3) is 8.03. The summed E-state index contributed by atoms with van der Waals surface area (Å²) in [7, 11) is -0.957. The molecule has 1 aliphatic rings. The SMILES string of the molecule is COc1ccc(N(CC(=O)N(Cc2ccccc2)C(Cc2ccccc2)C(=O)NC2CCCC2)S(C)(=O)=O)cc1OC. The molecule has 0 bridgehead atoms. The van der Waals surface area contributed by atoms with Crippen LogP contribution in [0.4, 0.5) is 5.69 Å². The number of anilines is 1. The molecule has 4 rings (SSSR count). The third-order valence-corrected chi connectivity index (χ3v) is 8.64. The molecule has 0 aliphatic heterocycles. The zero-order valence-electron chi connectivity index (χ0n) is 24.4. The molecule has 1 fully saturated rings. The first kappa shape index (κ1) is 30.9. The molecule has 0 heterocycles. The maximum Gasteiger partial charge on any atom is 0.244 e. The van der Waals surface area contributed by atoms with Gasteiger partial charge in [0.05, 0.1) is 26.2 Å². The van der Waals surface area contributed by atoms with Crippen LogP contribution in [0.25, 0.3) is 0 Å². The van der Waals surface area contributed by atoms with Crippen molar-refractivity contribution in [3.8, 4) is 11.5 Å². The van der Waals surface area contributed by atoms with Crippen LogP contribution in [0.3, 0.4) is 0 Å². The fourth-order valence-electron chi connectivity index (χ4n) is 5.30. The van der Waals surface area contributed by atoms with Crippen molar-refractivity contribution in [1.82, 2.24) is 10.2 Å². The van der Waals surface area contributed by atoms with Gasteiger partial charge in [-0.25, -0.2) is 8.42 Å². The fourth-order valence-corrected chi connectivity index (χ4v) is 6.14. The topological polar surface area (TPSA) is 105 Å². The number of amides is 2. The monoisotopic (exact) mass is 593 g/mol. The van der Waals surface area contributed by atoms with E-state index in [0.29, 0.717) is 11.5 Å². The maximum atomic E-state index is 14.2. The van der Waals surface area contributed by atoms with E-state index in [1.54, 1.807) is 12.1 Å². The predicted octanol–water partition coefficient (Wildman–Crippen LogP) is 4.17. The number of carbonyl (C=O) groups is 2. The zero-order chi connectivity index (χ0) is 30.1. The van der Waals surface area contributed by atoms with Crippen LogP contribution in [0.15, 0.2) is 78.9 Å². The Hall–Kier alpha value is -4.05. The Morgan fingerprint density at radius 3 is 2.05 bits per heavy atom. The van der Waals surface area contributed by atoms with Gasteiger partial charge in [0.25, 0.3) is 0 Å². The van der Waals surface area contributed by atoms with Crippen LogP contribution in [0.1, 0.15) is 36.8 Å². The number of sulfonamides is 1. The van der Waals surface area contributed by atoms with E-state index >= 15 is 0 Å². The second kappa shape index (κ2) is 14.2. The summed E-state index contributed by atoms with van der Waals surface area (Å²) in [6, 6.07) is 22.8. The minimum Gasteiger partial charge on any atom is -0.493 e. The average molecular weight is 594 g/mol. The van der Waals surface area contributed by atoms with E-state index in [4.69, 9.17) is 9.47 Å². The molecule has 0 saturated heterocycles. The van der Waals surface area contributed by atoms with Crippen molar-refractivity contribution in [2.24, 2.45) is 0 Å². The maximum absolute atomic E-state index is 14.2. The van der Waals surface area contributed by atoms with Gasteiger partial charge in [0.1, 0.15) is 12.6 Å². The van der Waals surface area contributed by atoms with Gasteiger partial charge >= 0.3 is 0 Å². The average Bonchev–Trinajstić information content (AvgIpc) is 3.50. The van der Waals surface area contributed by atoms with E-state index < -0.39 is 28.5 Å². The molecule has 10 heteroatoms. The normalized spacial score (nSPS) is 14.2. The summed E-state index contributed by atoms with van der Waals surface area (Å²) >= 11 is 0. The van der Waals surface area contributed by atoms with Crippen molar-refractivity contribution in [3.63, 3.8) is 0 Å². The number of methoxy groups -OCH3 is 2. The van der Waals surface area contributed by atoms with Crippen LogP contribution in [0.2, 0.25) is 0 Å². The largest absolute Gasteiger partial charge is 0.493 e. The predicted molar refractivity (Wildman–Crippen MR) is 163 cm³/mol. The number of carbonyl (C=O) groups excluding carboxylic acids is 2. The van der Waals surface area contributed by atoms with E-state index in [9.17, 15) is 18.0 Å². The number of benzene rings is 3. The first-order valence-electron chi connectivity index (χ1n) is 14.1. The van der Waals surface area contributed by atoms with Crippen LogP contribution in [-0.2, 0) is 32.6 Å². The van der Waals surface area contributed by atoms with E-state index in [0.717, 1.165) is 47.4 Å². The lowest BCUT2D eigenvalue weighted by molar-refractivity contribution is -0.140. The summed E-state index contributed by atoms with van der Waals surface area (Å²) in [5.74, 6) is 0.0157. The van der Waals surface area contributed by atoms with E-state index in [2.05, 4.69) is 5.32 Å². The van der Waals surface area contributed by atoms with Gasteiger partial charge in [-0.3, -0.25) is 13.9 Å². The van der Waals surface area contributed by atoms with Crippen molar-refractivity contribution >= 4 is 27.5 Å². The quantitative estimate of drug-likeness (QED) is 0.319. The molecule has 0 spiro atoms. The summed E-state index contributed by atoms with van der Waals surface area (Å²) in [6.07, 6.45) is 5.24. The molecule has 42 heavy (non-hydrogen) atoms. The van der Waals surface area contributed by atoms with Gasteiger partial charge in [0, 0.05) is 25.1 Å². The minimum absolute atomic E-state index is 0.0590. The zero-order valence-corrected chi connectivity index (χ0v) is 25.2. The van der Waals surface area contributed by atoms with Crippen molar-refractivity contribution < 1.29 is 27.5 Å². The molecule has 1 saturated carbocycles. The van der Waals surface area contributed by atoms with Crippen LogP contribution >= 0.6 is 0 Å². The number of hydrogen-bond acceptors (Lipinski definition) is 6. The lowest BCUT2D eigenvalue weighted by atomic mass is 10.0. The highest BCUT2D eigenvalue weighted by Gasteiger charge is 2.34. The van der Waals surface area contributed by atoms with Crippen molar-refractivity contribution in [2.45, 2.75) is 50.7 Å². The van der Waals surface area contributed by atoms with Crippen LogP contribution in [0, 0.1) is 0 Å². The fraction of sp³-hybridized carbons (Fsp3) is 0.375. The van der Waals surface area contributed by atoms with Gasteiger partial charge < -0.3 is 19.7 Å². The molecule has 1 aliphatic carbocycles. The number of rotatable bonds is 13. The molecule has 3 aromatic rings. The van der Waals surface area contributed by atoms with Crippen LogP contribution < -0.4 is 19.1 Å². The third-order valence-electron chi connectivity index (χ3n) is 7.50. The van der Waals surface area contributed by atoms with Crippen LogP contribution in [0.5, 0.6) is 11.5 Å². The highest BCUT2D eigenvalue weighted by atomic mass is 32.2. The molecule has 2 amide bonds. The summed E-state index contributed by atoms with van der Waals surface area (Å²) in [5.41, 5.74) is 1.97. The molecule has 1 unspecified atom stereocenters. The van der Waals surface area contributed by atoms with E-state index in [1.165, 1.54) is 25.2 Å². The summed E-state index contributed by atoms with van der Waals surface area (Å²) in [5, 5.41) is 3.17. The molecule has 224 valence electrons. The van der Waals surface area contributed by atoms with Gasteiger partial charge in [-0.1, -0.05) is 73.5 Å². The standard InChI is InChI=1S/C32H39N3O6S/c1-40-29-19-18-27(21-30(29)41-2)35(42(3,38)39)23-31(36)34(22-25-14-8-5-9-15-25)28(20-24-12-6-4-7-13-24)32(37)33-26-16-10-11-17-26/h4-9,12-15,18-19,21,26,28H,10-11,16-17,20,22-23H2,1-3H3,(H,33,37). The molecule has 0 aromatic heterocycles. The molecular weight excluding hydrogens is 554 g/mol. The Bertz CT molecular complexity index is 1440. The molecule has 0 radical (unpaired) electrons. The van der Waals surface area contributed by atoms with Crippen molar-refractivity contribution in [1.29, 1.82) is 0 Å². The van der Waals surface area contributed by atoms with Gasteiger partial charge in [-0.15, -0.1) is 0 Å². The summed E-state index contributed by atoms with van der Waals surface area (Å²) < 4.78 is 37.8. The Kier molecular flexibility index (Phi) is 10.5. The van der Waals surface area contributed by atoms with E-state index in [-0.39, 0.29) is 30.6 Å². The van der Waals surface area contributed by atoms with Crippen LogP contribution in [-0.4, -0.2) is 64.2 Å². The Morgan fingerprint density at radius 2 is 1.48 bits per heavy atom. The van der Waals surface area contributed by atoms with Gasteiger partial charge in [-0.2, -0.15) is 0 Å². The van der Waals surface area contributed by atoms with Gasteiger partial charge in [0.2, 0.25) is 21.8 Å². The van der Waals surface area contributed by atoms with Crippen molar-refractivity contribution in [3.05, 3.63) is 90.0 Å². The van der Waals surface area contributed by atoms with E-state index in [1.807, 2.05) is 60.7 Å². The summed E-state index contributed by atoms with van der Waals surface area (Å²) in [6.45, 7) is -0.359. The van der Waals surface area contributed by atoms with Gasteiger partial charge in [0.15, 0.2) is 11.5 Å². The van der Waals surface area contributed by atoms with Crippen molar-refractivity contribution in [2.75, 3.05) is 31.3 Å². The lowest BCUT2D eigenvalue weighted by Crippen LogP contribution is -2.54. The number of nitrogens with one attached hydrogen (secondary N) is 1. The molecular formula is C32H39N3O6S. The second-order valence-corrected chi connectivity index (χ2v) is 12.4. The highest BCUT2D eigenvalue weighted by molar-refractivity contribution is 7.92. The Labute approximate surface area is 248 Å². The first-order valence-corrected chi connectivity index (χ1v) is 15.9. The number of ether oxygens (including phenoxy) is 2. The molecule has 9 nitrogen and oxygen atoms in total. The lowest BCUT2D eigenvalue weighted by Gasteiger charge is -2.34. The summed E-state index contributed by atoms with van der Waals surface area (Å²) in [4.78, 5) is 29.6. The smallest absolute Gasteiger partial charge is 0.244 e. The second-order valence-electron chi connectivity index (χ2n) is 10.5. The highest BCUT2D eigenvalue weighted by Crippen LogP contribution is 2.32. The molecule has 1 atom stereocenters. The minimum atomic E-state index is -3.90. The molecule has 3 aromatic carbocycles. The van der Waals surface area contributed by atoms with Gasteiger partial charge in [-0.05, 0) is 36.1 Å².